The molecule has 23 heavy (non-hydrogen) atoms. The fourth-order valence-electron chi connectivity index (χ4n) is 2.80. The third kappa shape index (κ3) is 4.77. The predicted octanol–water partition coefficient (Wildman–Crippen LogP) is 2.44. The fourth-order valence-corrected chi connectivity index (χ4v) is 2.80. The summed E-state index contributed by atoms with van der Waals surface area (Å²) in [6, 6.07) is 7.51. The smallest absolute Gasteiger partial charge is 0.251 e. The second-order valence-electron chi connectivity index (χ2n) is 7.12. The van der Waals surface area contributed by atoms with Crippen LogP contribution in [-0.4, -0.2) is 50.7 Å². The van der Waals surface area contributed by atoms with Crippen LogP contribution in [0.4, 0.5) is 0 Å². The molecule has 2 rings (SSSR count). The van der Waals surface area contributed by atoms with Crippen molar-refractivity contribution in [1.82, 2.24) is 10.2 Å². The molecular weight excluding hydrogens is 292 g/mol. The molecule has 1 heterocycles. The molecular formula is C18H28N2O3. The summed E-state index contributed by atoms with van der Waals surface area (Å²) in [6.45, 7) is 8.46. The average Bonchev–Trinajstić information content (AvgIpc) is 3.00. The summed E-state index contributed by atoms with van der Waals surface area (Å²) in [4.78, 5) is 14.7. The molecule has 5 heteroatoms. The molecule has 0 spiro atoms. The van der Waals surface area contributed by atoms with Crippen LogP contribution in [0, 0.1) is 5.41 Å². The minimum absolute atomic E-state index is 0.0194. The van der Waals surface area contributed by atoms with E-state index in [4.69, 9.17) is 9.47 Å². The van der Waals surface area contributed by atoms with Crippen molar-refractivity contribution in [1.29, 1.82) is 0 Å². The van der Waals surface area contributed by atoms with Crippen LogP contribution in [0.25, 0.3) is 0 Å². The van der Waals surface area contributed by atoms with Gasteiger partial charge in [0.25, 0.3) is 5.91 Å². The number of amides is 1. The maximum atomic E-state index is 12.5. The van der Waals surface area contributed by atoms with E-state index in [0.29, 0.717) is 18.8 Å². The van der Waals surface area contributed by atoms with E-state index in [0.717, 1.165) is 12.1 Å². The van der Waals surface area contributed by atoms with E-state index in [2.05, 4.69) is 31.0 Å². The van der Waals surface area contributed by atoms with Gasteiger partial charge in [0.05, 0.1) is 13.2 Å². The van der Waals surface area contributed by atoms with Crippen molar-refractivity contribution in [3.8, 4) is 0 Å². The van der Waals surface area contributed by atoms with Crippen molar-refractivity contribution >= 4 is 5.91 Å². The number of ether oxygens (including phenoxy) is 2. The third-order valence-electron chi connectivity index (χ3n) is 4.29. The highest BCUT2D eigenvalue weighted by atomic mass is 16.7. The molecule has 1 atom stereocenters. The standard InChI is InChI=1S/C18H28N2O3/c1-13(18(2,3)12-20(4)5)19-16(21)14-7-6-8-15(11-14)17-22-9-10-23-17/h6-8,11,13,17H,9-10,12H2,1-5H3,(H,19,21)/t13-/m0/s1. The third-order valence-corrected chi connectivity index (χ3v) is 4.29. The minimum Gasteiger partial charge on any atom is -0.349 e. The van der Waals surface area contributed by atoms with E-state index in [1.165, 1.54) is 0 Å². The van der Waals surface area contributed by atoms with Crippen molar-refractivity contribution in [3.05, 3.63) is 35.4 Å². The SMILES string of the molecule is C[C@H](NC(=O)c1cccc(C2OCCO2)c1)C(C)(C)CN(C)C. The van der Waals surface area contributed by atoms with Gasteiger partial charge in [-0.25, -0.2) is 0 Å². The summed E-state index contributed by atoms with van der Waals surface area (Å²) in [5.74, 6) is -0.0656. The molecule has 1 saturated heterocycles. The molecule has 1 aromatic carbocycles. The van der Waals surface area contributed by atoms with E-state index in [1.54, 1.807) is 0 Å². The number of benzene rings is 1. The van der Waals surface area contributed by atoms with Crippen molar-refractivity contribution in [2.24, 2.45) is 5.41 Å². The lowest BCUT2D eigenvalue weighted by molar-refractivity contribution is -0.0441. The number of hydrogen-bond acceptors (Lipinski definition) is 4. The summed E-state index contributed by atoms with van der Waals surface area (Å²) in [5.41, 5.74) is 1.50. The maximum Gasteiger partial charge on any atom is 0.251 e. The normalized spacial score (nSPS) is 17.5. The Morgan fingerprint density at radius 3 is 2.61 bits per heavy atom. The molecule has 5 nitrogen and oxygen atoms in total. The Morgan fingerprint density at radius 2 is 2.00 bits per heavy atom. The number of nitrogens with zero attached hydrogens (tertiary/aromatic N) is 1. The lowest BCUT2D eigenvalue weighted by Gasteiger charge is -2.34. The van der Waals surface area contributed by atoms with Crippen molar-refractivity contribution < 1.29 is 14.3 Å². The van der Waals surface area contributed by atoms with Crippen molar-refractivity contribution in [3.63, 3.8) is 0 Å². The predicted molar refractivity (Wildman–Crippen MR) is 90.4 cm³/mol. The summed E-state index contributed by atoms with van der Waals surface area (Å²) < 4.78 is 11.0. The van der Waals surface area contributed by atoms with Gasteiger partial charge in [-0.15, -0.1) is 0 Å². The first-order valence-electron chi connectivity index (χ1n) is 8.08. The van der Waals surface area contributed by atoms with Gasteiger partial charge >= 0.3 is 0 Å². The number of nitrogens with one attached hydrogen (secondary N) is 1. The van der Waals surface area contributed by atoms with Crippen LogP contribution in [0.1, 0.15) is 43.0 Å². The van der Waals surface area contributed by atoms with E-state index in [1.807, 2.05) is 38.4 Å². The first-order chi connectivity index (χ1) is 10.8. The Morgan fingerprint density at radius 1 is 1.35 bits per heavy atom. The van der Waals surface area contributed by atoms with E-state index >= 15 is 0 Å². The highest BCUT2D eigenvalue weighted by Crippen LogP contribution is 2.25. The van der Waals surface area contributed by atoms with Crippen molar-refractivity contribution in [2.45, 2.75) is 33.1 Å². The quantitative estimate of drug-likeness (QED) is 0.875. The Bertz CT molecular complexity index is 537. The highest BCUT2D eigenvalue weighted by molar-refractivity contribution is 5.94. The highest BCUT2D eigenvalue weighted by Gasteiger charge is 2.28. The van der Waals surface area contributed by atoms with Crippen LogP contribution in [0.5, 0.6) is 0 Å². The number of rotatable bonds is 6. The van der Waals surface area contributed by atoms with Gasteiger partial charge in [0, 0.05) is 23.7 Å². The number of carbonyl (C=O) groups excluding carboxylic acids is 1. The Balaban J connectivity index is 2.04. The molecule has 128 valence electrons. The molecule has 0 saturated carbocycles. The molecule has 0 aromatic heterocycles. The number of carbonyl (C=O) groups is 1. The lowest BCUT2D eigenvalue weighted by Crippen LogP contribution is -2.47. The van der Waals surface area contributed by atoms with Gasteiger partial charge < -0.3 is 19.7 Å². The zero-order chi connectivity index (χ0) is 17.0. The van der Waals surface area contributed by atoms with Crippen LogP contribution in [0.3, 0.4) is 0 Å². The lowest BCUT2D eigenvalue weighted by atomic mass is 9.84. The van der Waals surface area contributed by atoms with Gasteiger partial charge in [-0.05, 0) is 38.6 Å². The van der Waals surface area contributed by atoms with E-state index in [9.17, 15) is 4.79 Å². The molecule has 0 bridgehead atoms. The first-order valence-corrected chi connectivity index (χ1v) is 8.08. The molecule has 1 N–H and O–H groups in total. The molecule has 1 aliphatic heterocycles. The molecule has 1 amide bonds. The zero-order valence-electron chi connectivity index (χ0n) is 14.8. The molecule has 0 aliphatic carbocycles. The first kappa shape index (κ1) is 17.9. The second kappa shape index (κ2) is 7.43. The number of hydrogen-bond donors (Lipinski definition) is 1. The van der Waals surface area contributed by atoms with Gasteiger partial charge in [-0.2, -0.15) is 0 Å². The van der Waals surface area contributed by atoms with Crippen LogP contribution < -0.4 is 5.32 Å². The Hall–Kier alpha value is -1.43. The van der Waals surface area contributed by atoms with E-state index in [-0.39, 0.29) is 23.7 Å². The summed E-state index contributed by atoms with van der Waals surface area (Å²) in [6.07, 6.45) is -0.356. The summed E-state index contributed by atoms with van der Waals surface area (Å²) in [7, 11) is 4.09. The van der Waals surface area contributed by atoms with Crippen LogP contribution in [-0.2, 0) is 9.47 Å². The fraction of sp³-hybridized carbons (Fsp3) is 0.611. The van der Waals surface area contributed by atoms with Crippen LogP contribution in [0.2, 0.25) is 0 Å². The van der Waals surface area contributed by atoms with Gasteiger partial charge in [0.2, 0.25) is 0 Å². The minimum atomic E-state index is -0.356. The summed E-state index contributed by atoms with van der Waals surface area (Å²) in [5, 5.41) is 3.11. The van der Waals surface area contributed by atoms with Crippen LogP contribution >= 0.6 is 0 Å². The molecule has 1 aliphatic rings. The zero-order valence-corrected chi connectivity index (χ0v) is 14.8. The van der Waals surface area contributed by atoms with Gasteiger partial charge in [-0.3, -0.25) is 4.79 Å². The molecule has 0 unspecified atom stereocenters. The molecule has 1 fully saturated rings. The second-order valence-corrected chi connectivity index (χ2v) is 7.12. The summed E-state index contributed by atoms with van der Waals surface area (Å²) >= 11 is 0. The van der Waals surface area contributed by atoms with E-state index < -0.39 is 0 Å². The largest absolute Gasteiger partial charge is 0.349 e. The van der Waals surface area contributed by atoms with Crippen molar-refractivity contribution in [2.75, 3.05) is 33.9 Å². The van der Waals surface area contributed by atoms with Crippen LogP contribution in [0.15, 0.2) is 24.3 Å². The van der Waals surface area contributed by atoms with Gasteiger partial charge in [0.15, 0.2) is 6.29 Å². The monoisotopic (exact) mass is 320 g/mol. The molecule has 0 radical (unpaired) electrons. The van der Waals surface area contributed by atoms with Gasteiger partial charge in [0.1, 0.15) is 0 Å². The maximum absolute atomic E-state index is 12.5. The topological polar surface area (TPSA) is 50.8 Å². The Kier molecular flexibility index (Phi) is 5.79. The molecule has 1 aromatic rings. The van der Waals surface area contributed by atoms with Gasteiger partial charge in [-0.1, -0.05) is 26.0 Å². The average molecular weight is 320 g/mol. The Labute approximate surface area is 139 Å².